The smallest absolute Gasteiger partial charge is 0.223 e. The molecule has 0 fully saturated rings. The highest BCUT2D eigenvalue weighted by Crippen LogP contribution is 2.26. The van der Waals surface area contributed by atoms with Crippen molar-refractivity contribution in [2.75, 3.05) is 0 Å². The Labute approximate surface area is 136 Å². The van der Waals surface area contributed by atoms with E-state index in [1.807, 2.05) is 19.1 Å². The van der Waals surface area contributed by atoms with Crippen molar-refractivity contribution in [3.05, 3.63) is 47.3 Å². The number of pyridine rings is 1. The molecule has 1 aliphatic rings. The zero-order chi connectivity index (χ0) is 16.4. The van der Waals surface area contributed by atoms with Crippen molar-refractivity contribution in [2.24, 2.45) is 5.92 Å². The standard InChI is InChI=1S/C18H24N4O/c1-11(2)17-21-15-7-6-13(9-16(15)22-17)18(23)20-12(3)14-5-4-8-19-10-14/h4-5,8,10-13H,6-7,9H2,1-3H3,(H,20,23)(H,21,22)/t12-,13+/m0/s1. The number of nitrogens with zero attached hydrogens (tertiary/aromatic N) is 2. The van der Waals surface area contributed by atoms with Crippen LogP contribution in [0.5, 0.6) is 0 Å². The summed E-state index contributed by atoms with van der Waals surface area (Å²) in [5.41, 5.74) is 3.30. The average molecular weight is 312 g/mol. The molecule has 2 aromatic rings. The van der Waals surface area contributed by atoms with Crippen molar-refractivity contribution < 1.29 is 4.79 Å². The van der Waals surface area contributed by atoms with Gasteiger partial charge in [-0.05, 0) is 31.4 Å². The number of nitrogens with one attached hydrogen (secondary N) is 2. The summed E-state index contributed by atoms with van der Waals surface area (Å²) < 4.78 is 0. The molecule has 0 saturated carbocycles. The van der Waals surface area contributed by atoms with Crippen LogP contribution < -0.4 is 5.32 Å². The van der Waals surface area contributed by atoms with Crippen LogP contribution >= 0.6 is 0 Å². The van der Waals surface area contributed by atoms with Crippen molar-refractivity contribution in [1.82, 2.24) is 20.3 Å². The van der Waals surface area contributed by atoms with Gasteiger partial charge in [0.25, 0.3) is 0 Å². The van der Waals surface area contributed by atoms with Gasteiger partial charge in [-0.2, -0.15) is 0 Å². The second kappa shape index (κ2) is 6.52. The first-order chi connectivity index (χ1) is 11.0. The second-order valence-corrected chi connectivity index (χ2v) is 6.66. The van der Waals surface area contributed by atoms with E-state index in [4.69, 9.17) is 0 Å². The van der Waals surface area contributed by atoms with Crippen LogP contribution in [-0.4, -0.2) is 20.9 Å². The topological polar surface area (TPSA) is 70.7 Å². The van der Waals surface area contributed by atoms with Crippen molar-refractivity contribution >= 4 is 5.91 Å². The van der Waals surface area contributed by atoms with Gasteiger partial charge >= 0.3 is 0 Å². The van der Waals surface area contributed by atoms with Gasteiger partial charge in [0.1, 0.15) is 5.82 Å². The molecule has 0 radical (unpaired) electrons. The number of rotatable bonds is 4. The van der Waals surface area contributed by atoms with Gasteiger partial charge in [-0.3, -0.25) is 9.78 Å². The number of amides is 1. The Balaban J connectivity index is 1.65. The van der Waals surface area contributed by atoms with E-state index in [9.17, 15) is 4.79 Å². The molecule has 0 saturated heterocycles. The number of carbonyl (C=O) groups excluding carboxylic acids is 1. The zero-order valence-corrected chi connectivity index (χ0v) is 14.0. The molecule has 5 nitrogen and oxygen atoms in total. The number of H-pyrrole nitrogens is 1. The van der Waals surface area contributed by atoms with Gasteiger partial charge in [0.15, 0.2) is 0 Å². The fourth-order valence-electron chi connectivity index (χ4n) is 3.05. The predicted octanol–water partition coefficient (Wildman–Crippen LogP) is 2.91. The van der Waals surface area contributed by atoms with Crippen LogP contribution in [0.1, 0.15) is 61.9 Å². The highest BCUT2D eigenvalue weighted by molar-refractivity contribution is 5.79. The molecule has 3 rings (SSSR count). The fraction of sp³-hybridized carbons (Fsp3) is 0.500. The molecule has 5 heteroatoms. The summed E-state index contributed by atoms with van der Waals surface area (Å²) in [4.78, 5) is 24.7. The minimum atomic E-state index is -0.0226. The molecule has 1 aliphatic carbocycles. The number of hydrogen-bond acceptors (Lipinski definition) is 3. The van der Waals surface area contributed by atoms with Crippen molar-refractivity contribution in [3.8, 4) is 0 Å². The Morgan fingerprint density at radius 1 is 1.39 bits per heavy atom. The summed E-state index contributed by atoms with van der Waals surface area (Å²) in [6.45, 7) is 6.25. The molecule has 0 aliphatic heterocycles. The van der Waals surface area contributed by atoms with E-state index in [1.54, 1.807) is 12.4 Å². The number of imidazole rings is 1. The summed E-state index contributed by atoms with van der Waals surface area (Å²) in [5, 5.41) is 3.11. The van der Waals surface area contributed by atoms with Crippen molar-refractivity contribution in [3.63, 3.8) is 0 Å². The van der Waals surface area contributed by atoms with E-state index in [1.165, 1.54) is 0 Å². The second-order valence-electron chi connectivity index (χ2n) is 6.66. The lowest BCUT2D eigenvalue weighted by atomic mass is 9.89. The fourth-order valence-corrected chi connectivity index (χ4v) is 3.05. The molecule has 2 aromatic heterocycles. The van der Waals surface area contributed by atoms with E-state index in [2.05, 4.69) is 34.1 Å². The van der Waals surface area contributed by atoms with E-state index < -0.39 is 0 Å². The number of aromatic nitrogens is 3. The molecule has 0 aromatic carbocycles. The first-order valence-corrected chi connectivity index (χ1v) is 8.32. The number of aromatic amines is 1. The zero-order valence-electron chi connectivity index (χ0n) is 14.0. The highest BCUT2D eigenvalue weighted by atomic mass is 16.1. The predicted molar refractivity (Wildman–Crippen MR) is 89.0 cm³/mol. The molecule has 0 spiro atoms. The number of aryl methyl sites for hydroxylation is 1. The molecule has 0 unspecified atom stereocenters. The lowest BCUT2D eigenvalue weighted by molar-refractivity contribution is -0.126. The van der Waals surface area contributed by atoms with Crippen molar-refractivity contribution in [1.29, 1.82) is 0 Å². The number of fused-ring (bicyclic) bond motifs is 1. The minimum Gasteiger partial charge on any atom is -0.349 e. The lowest BCUT2D eigenvalue weighted by Gasteiger charge is -2.23. The van der Waals surface area contributed by atoms with Crippen LogP contribution in [0.3, 0.4) is 0 Å². The molecular formula is C18H24N4O. The third-order valence-corrected chi connectivity index (χ3v) is 4.52. The van der Waals surface area contributed by atoms with E-state index in [0.717, 1.165) is 42.0 Å². The minimum absolute atomic E-state index is 0.0158. The van der Waals surface area contributed by atoms with Gasteiger partial charge in [0.2, 0.25) is 5.91 Å². The summed E-state index contributed by atoms with van der Waals surface area (Å²) in [6, 6.07) is 3.86. The molecule has 2 atom stereocenters. The largest absolute Gasteiger partial charge is 0.349 e. The third kappa shape index (κ3) is 3.44. The summed E-state index contributed by atoms with van der Waals surface area (Å²) in [6.07, 6.45) is 6.03. The van der Waals surface area contributed by atoms with Gasteiger partial charge < -0.3 is 10.3 Å². The van der Waals surface area contributed by atoms with Crippen LogP contribution in [0.2, 0.25) is 0 Å². The quantitative estimate of drug-likeness (QED) is 0.912. The number of carbonyl (C=O) groups is 1. The van der Waals surface area contributed by atoms with E-state index in [-0.39, 0.29) is 17.9 Å². The molecule has 2 N–H and O–H groups in total. The summed E-state index contributed by atoms with van der Waals surface area (Å²) in [5.74, 6) is 1.55. The Kier molecular flexibility index (Phi) is 4.46. The Morgan fingerprint density at radius 3 is 2.91 bits per heavy atom. The Morgan fingerprint density at radius 2 is 2.22 bits per heavy atom. The monoisotopic (exact) mass is 312 g/mol. The van der Waals surface area contributed by atoms with Crippen LogP contribution in [0.25, 0.3) is 0 Å². The van der Waals surface area contributed by atoms with Crippen LogP contribution in [-0.2, 0) is 17.6 Å². The van der Waals surface area contributed by atoms with Gasteiger partial charge in [-0.1, -0.05) is 19.9 Å². The molecular weight excluding hydrogens is 288 g/mol. The maximum atomic E-state index is 12.6. The normalized spacial score (nSPS) is 18.5. The molecule has 1 amide bonds. The Bertz CT molecular complexity index is 678. The SMILES string of the molecule is CC(C)c1nc2c([nH]1)C[C@H](C(=O)N[C@@H](C)c1cccnc1)CC2. The Hall–Kier alpha value is -2.17. The van der Waals surface area contributed by atoms with Gasteiger partial charge in [-0.15, -0.1) is 0 Å². The van der Waals surface area contributed by atoms with Gasteiger partial charge in [-0.25, -0.2) is 4.98 Å². The van der Waals surface area contributed by atoms with Crippen LogP contribution in [0, 0.1) is 5.92 Å². The van der Waals surface area contributed by atoms with Gasteiger partial charge in [0, 0.05) is 36.3 Å². The maximum Gasteiger partial charge on any atom is 0.223 e. The molecule has 23 heavy (non-hydrogen) atoms. The first-order valence-electron chi connectivity index (χ1n) is 8.32. The molecule has 122 valence electrons. The van der Waals surface area contributed by atoms with E-state index in [0.29, 0.717) is 5.92 Å². The van der Waals surface area contributed by atoms with Crippen LogP contribution in [0.4, 0.5) is 0 Å². The molecule has 2 heterocycles. The third-order valence-electron chi connectivity index (χ3n) is 4.52. The van der Waals surface area contributed by atoms with E-state index >= 15 is 0 Å². The summed E-state index contributed by atoms with van der Waals surface area (Å²) >= 11 is 0. The lowest BCUT2D eigenvalue weighted by Crippen LogP contribution is -2.35. The maximum absolute atomic E-state index is 12.6. The van der Waals surface area contributed by atoms with Crippen molar-refractivity contribution in [2.45, 2.75) is 52.0 Å². The van der Waals surface area contributed by atoms with Crippen LogP contribution in [0.15, 0.2) is 24.5 Å². The molecule has 0 bridgehead atoms. The average Bonchev–Trinajstić information content (AvgIpc) is 2.99. The number of hydrogen-bond donors (Lipinski definition) is 2. The summed E-state index contributed by atoms with van der Waals surface area (Å²) in [7, 11) is 0. The first kappa shape index (κ1) is 15.7. The van der Waals surface area contributed by atoms with Gasteiger partial charge in [0.05, 0.1) is 11.7 Å². The highest BCUT2D eigenvalue weighted by Gasteiger charge is 2.28.